The number of aromatic nitrogens is 3. The highest BCUT2D eigenvalue weighted by atomic mass is 32.1. The number of nitrogens with zero attached hydrogens (tertiary/aromatic N) is 5. The normalized spacial score (nSPS) is 15.1. The van der Waals surface area contributed by atoms with Gasteiger partial charge in [0, 0.05) is 38.3 Å². The Balaban J connectivity index is 1.79. The molecule has 1 aromatic carbocycles. The van der Waals surface area contributed by atoms with Crippen molar-refractivity contribution >= 4 is 34.8 Å². The van der Waals surface area contributed by atoms with E-state index in [2.05, 4.69) is 10.3 Å². The van der Waals surface area contributed by atoms with E-state index in [1.807, 2.05) is 0 Å². The number of thiocarbonyl (C=S) groups is 1. The van der Waals surface area contributed by atoms with Gasteiger partial charge in [0.05, 0.1) is 19.0 Å². The highest BCUT2D eigenvalue weighted by Crippen LogP contribution is 2.27. The number of hydrogen-bond acceptors (Lipinski definition) is 8. The number of nitrogens with two attached hydrogens (primary N) is 1. The second-order valence-electron chi connectivity index (χ2n) is 6.43. The molecule has 1 aliphatic rings. The zero-order chi connectivity index (χ0) is 22.0. The lowest BCUT2D eigenvalue weighted by Crippen LogP contribution is -2.51. The molecule has 13 heteroatoms. The number of anilines is 1. The van der Waals surface area contributed by atoms with Crippen LogP contribution in [-0.4, -0.2) is 75.2 Å². The Morgan fingerprint density at radius 3 is 2.37 bits per heavy atom. The van der Waals surface area contributed by atoms with Gasteiger partial charge in [-0.1, -0.05) is 5.21 Å². The van der Waals surface area contributed by atoms with Gasteiger partial charge in [-0.05, 0) is 12.2 Å². The summed E-state index contributed by atoms with van der Waals surface area (Å²) in [5.41, 5.74) is 5.96. The highest BCUT2D eigenvalue weighted by Gasteiger charge is 2.28. The first-order chi connectivity index (χ1) is 14.2. The van der Waals surface area contributed by atoms with Crippen molar-refractivity contribution < 1.29 is 28.2 Å². The number of carboxylic acids is 1. The van der Waals surface area contributed by atoms with Crippen molar-refractivity contribution in [3.63, 3.8) is 0 Å². The predicted molar refractivity (Wildman–Crippen MR) is 104 cm³/mol. The van der Waals surface area contributed by atoms with Crippen LogP contribution < -0.4 is 10.6 Å². The zero-order valence-corrected chi connectivity index (χ0v) is 16.6. The van der Waals surface area contributed by atoms with E-state index >= 15 is 0 Å². The van der Waals surface area contributed by atoms with E-state index in [1.54, 1.807) is 0 Å². The van der Waals surface area contributed by atoms with Crippen molar-refractivity contribution in [2.45, 2.75) is 6.04 Å². The van der Waals surface area contributed by atoms with Gasteiger partial charge in [0.2, 0.25) is 0 Å². The van der Waals surface area contributed by atoms with E-state index in [-0.39, 0.29) is 48.3 Å². The molecule has 160 valence electrons. The van der Waals surface area contributed by atoms with E-state index < -0.39 is 29.6 Å². The molecular weight excluding hydrogens is 422 g/mol. The second kappa shape index (κ2) is 8.67. The predicted octanol–water partition coefficient (Wildman–Crippen LogP) is 0.252. The maximum absolute atomic E-state index is 14.7. The van der Waals surface area contributed by atoms with E-state index in [0.29, 0.717) is 0 Å². The minimum Gasteiger partial charge on any atom is -0.488 e. The number of methoxy groups -OCH3 is 1. The summed E-state index contributed by atoms with van der Waals surface area (Å²) >= 11 is 4.95. The number of benzene rings is 1. The number of rotatable bonds is 4. The largest absolute Gasteiger partial charge is 0.488 e. The summed E-state index contributed by atoms with van der Waals surface area (Å²) in [6, 6.07) is 1.36. The molecule has 1 aromatic heterocycles. The van der Waals surface area contributed by atoms with Gasteiger partial charge in [-0.2, -0.15) is 0 Å². The molecule has 2 aromatic rings. The van der Waals surface area contributed by atoms with Crippen LogP contribution in [0.4, 0.5) is 14.5 Å². The van der Waals surface area contributed by atoms with Gasteiger partial charge in [-0.3, -0.25) is 4.79 Å². The highest BCUT2D eigenvalue weighted by molar-refractivity contribution is 7.80. The number of piperazine rings is 1. The van der Waals surface area contributed by atoms with Crippen LogP contribution in [0.15, 0.2) is 18.3 Å². The third kappa shape index (κ3) is 4.21. The minimum atomic E-state index is -1.57. The summed E-state index contributed by atoms with van der Waals surface area (Å²) in [6.45, 7) is 0.247. The lowest BCUT2D eigenvalue weighted by atomic mass is 10.2. The first-order valence-electron chi connectivity index (χ1n) is 8.75. The summed E-state index contributed by atoms with van der Waals surface area (Å²) in [6.07, 6.45) is 1.39. The summed E-state index contributed by atoms with van der Waals surface area (Å²) in [4.78, 5) is 24.8. The molecule has 0 aliphatic carbocycles. The Hall–Kier alpha value is -3.19. The van der Waals surface area contributed by atoms with Gasteiger partial charge in [-0.15, -0.1) is 5.10 Å². The molecule has 1 saturated heterocycles. The lowest BCUT2D eigenvalue weighted by Gasteiger charge is -2.35. The van der Waals surface area contributed by atoms with Gasteiger partial charge in [0.1, 0.15) is 17.4 Å². The molecule has 1 fully saturated rings. The van der Waals surface area contributed by atoms with E-state index in [9.17, 15) is 18.4 Å². The summed E-state index contributed by atoms with van der Waals surface area (Å²) in [5, 5.41) is 16.5. The van der Waals surface area contributed by atoms with Crippen molar-refractivity contribution in [3.05, 3.63) is 35.7 Å². The number of ether oxygens (including phenoxy) is 1. The smallest absolute Gasteiger partial charge is 0.394 e. The Bertz CT molecular complexity index is 969. The number of hydrogen-bond donors (Lipinski definition) is 2. The van der Waals surface area contributed by atoms with Crippen molar-refractivity contribution in [3.8, 4) is 5.69 Å². The van der Waals surface area contributed by atoms with Crippen LogP contribution in [0.25, 0.3) is 5.69 Å². The molecule has 0 bridgehead atoms. The summed E-state index contributed by atoms with van der Waals surface area (Å²) in [7, 11) is 1.37. The maximum atomic E-state index is 14.7. The number of amides is 1. The van der Waals surface area contributed by atoms with Crippen LogP contribution in [0.5, 0.6) is 0 Å². The first kappa shape index (κ1) is 21.5. The fraction of sp³-hybridized carbons (Fsp3) is 0.353. The molecule has 1 aliphatic heterocycles. The molecule has 3 N–H and O–H groups in total. The Morgan fingerprint density at radius 2 is 1.83 bits per heavy atom. The van der Waals surface area contributed by atoms with Crippen LogP contribution in [0.3, 0.4) is 0 Å². The number of carbonyl (C=O) groups is 2. The molecule has 30 heavy (non-hydrogen) atoms. The van der Waals surface area contributed by atoms with Crippen molar-refractivity contribution in [2.24, 2.45) is 5.73 Å². The number of carbonyl (C=O) groups excluding carboxylic acids is 1. The fourth-order valence-electron chi connectivity index (χ4n) is 3.05. The van der Waals surface area contributed by atoms with Gasteiger partial charge in [0.25, 0.3) is 0 Å². The van der Waals surface area contributed by atoms with E-state index in [1.165, 1.54) is 18.2 Å². The van der Waals surface area contributed by atoms with Crippen LogP contribution >= 0.6 is 12.2 Å². The molecule has 1 atom stereocenters. The third-order valence-electron chi connectivity index (χ3n) is 4.62. The average molecular weight is 440 g/mol. The molecule has 0 spiro atoms. The third-order valence-corrected chi connectivity index (χ3v) is 5.04. The van der Waals surface area contributed by atoms with E-state index in [4.69, 9.17) is 27.8 Å². The van der Waals surface area contributed by atoms with Crippen molar-refractivity contribution in [1.29, 1.82) is 0 Å². The van der Waals surface area contributed by atoms with Gasteiger partial charge < -0.3 is 25.4 Å². The van der Waals surface area contributed by atoms with Gasteiger partial charge >= 0.3 is 11.9 Å². The Kier molecular flexibility index (Phi) is 6.22. The Morgan fingerprint density at radius 1 is 1.23 bits per heavy atom. The standard InChI is InChI=1S/C17H18F2N6O4S/c1-29-17(30)13(20)12-8-25(22-21-12)9-6-10(18)14(11(19)7-9)23-2-4-24(5-3-23)15(26)16(27)28/h6-8,13H,2-5,20H2,1H3,(H,27,28). The van der Waals surface area contributed by atoms with Crippen LogP contribution in [0, 0.1) is 11.6 Å². The number of halogens is 2. The monoisotopic (exact) mass is 440 g/mol. The quantitative estimate of drug-likeness (QED) is 0.508. The molecule has 2 heterocycles. The average Bonchev–Trinajstić information content (AvgIpc) is 3.22. The molecule has 0 saturated carbocycles. The minimum absolute atomic E-state index is 0.0372. The molecule has 0 radical (unpaired) electrons. The molecule has 1 amide bonds. The SMILES string of the molecule is COC(=S)C(N)c1cn(-c2cc(F)c(N3CCN(C(=O)C(=O)O)CC3)c(F)c2)nn1. The first-order valence-corrected chi connectivity index (χ1v) is 9.16. The molecule has 3 rings (SSSR count). The summed E-state index contributed by atoms with van der Waals surface area (Å²) < 4.78 is 35.5. The summed E-state index contributed by atoms with van der Waals surface area (Å²) in [5.74, 6) is -4.28. The molecular formula is C17H18F2N6O4S. The van der Waals surface area contributed by atoms with Crippen molar-refractivity contribution in [2.75, 3.05) is 38.2 Å². The second-order valence-corrected chi connectivity index (χ2v) is 6.83. The van der Waals surface area contributed by atoms with Crippen LogP contribution in [-0.2, 0) is 14.3 Å². The van der Waals surface area contributed by atoms with Crippen molar-refractivity contribution in [1.82, 2.24) is 19.9 Å². The molecule has 10 nitrogen and oxygen atoms in total. The maximum Gasteiger partial charge on any atom is 0.394 e. The number of carboxylic acid groups (broad SMARTS) is 1. The van der Waals surface area contributed by atoms with Gasteiger partial charge in [-0.25, -0.2) is 18.3 Å². The number of aliphatic carboxylic acids is 1. The van der Waals surface area contributed by atoms with Crippen LogP contribution in [0.1, 0.15) is 11.7 Å². The van der Waals surface area contributed by atoms with Gasteiger partial charge in [0.15, 0.2) is 16.7 Å². The van der Waals surface area contributed by atoms with Crippen LogP contribution in [0.2, 0.25) is 0 Å². The fourth-order valence-corrected chi connectivity index (χ4v) is 3.17. The lowest BCUT2D eigenvalue weighted by molar-refractivity contribution is -0.156. The Labute approximate surface area is 174 Å². The van der Waals surface area contributed by atoms with E-state index in [0.717, 1.165) is 21.7 Å². The topological polar surface area (TPSA) is 127 Å². The molecule has 1 unspecified atom stereocenters. The zero-order valence-electron chi connectivity index (χ0n) is 15.8.